The lowest BCUT2D eigenvalue weighted by Crippen LogP contribution is -2.38. The molecule has 1 aliphatic rings. The second-order valence-electron chi connectivity index (χ2n) is 10.0. The van der Waals surface area contributed by atoms with Crippen LogP contribution in [-0.4, -0.2) is 43.7 Å². The van der Waals surface area contributed by atoms with Crippen molar-refractivity contribution in [2.24, 2.45) is 13.0 Å². The number of benzene rings is 1. The molecule has 8 nitrogen and oxygen atoms in total. The van der Waals surface area contributed by atoms with Crippen LogP contribution < -0.4 is 10.6 Å². The van der Waals surface area contributed by atoms with Crippen molar-refractivity contribution >= 4 is 22.8 Å². The Morgan fingerprint density at radius 3 is 2.51 bits per heavy atom. The molecule has 13 heteroatoms. The van der Waals surface area contributed by atoms with E-state index >= 15 is 0 Å². The molecule has 0 bridgehead atoms. The van der Waals surface area contributed by atoms with E-state index in [0.717, 1.165) is 0 Å². The molecule has 212 valence electrons. The summed E-state index contributed by atoms with van der Waals surface area (Å²) in [7, 11) is 1.62. The predicted molar refractivity (Wildman–Crippen MR) is 133 cm³/mol. The number of fused-ring (bicyclic) bond motifs is 1. The van der Waals surface area contributed by atoms with Gasteiger partial charge >= 0.3 is 6.18 Å². The van der Waals surface area contributed by atoms with Crippen LogP contribution in [0.5, 0.6) is 0 Å². The molecule has 4 rings (SSSR count). The molecular formula is C26H31F5N6O2. The lowest BCUT2D eigenvalue weighted by Gasteiger charge is -2.33. The number of carbonyl (C=O) groups is 2. The molecule has 2 atom stereocenters. The number of carbonyl (C=O) groups excluding carboxylic acids is 2. The van der Waals surface area contributed by atoms with Gasteiger partial charge in [0.05, 0.1) is 29.5 Å². The molecule has 0 aliphatic heterocycles. The van der Waals surface area contributed by atoms with E-state index in [9.17, 15) is 31.5 Å². The molecule has 3 N–H and O–H groups in total. The van der Waals surface area contributed by atoms with Gasteiger partial charge in [-0.25, -0.2) is 13.8 Å². The zero-order chi connectivity index (χ0) is 28.4. The summed E-state index contributed by atoms with van der Waals surface area (Å²) in [6.07, 6.45) is -4.50. The van der Waals surface area contributed by atoms with Crippen molar-refractivity contribution in [2.75, 3.05) is 0 Å². The first-order valence-electron chi connectivity index (χ1n) is 12.9. The van der Waals surface area contributed by atoms with Gasteiger partial charge < -0.3 is 15.6 Å². The highest BCUT2D eigenvalue weighted by atomic mass is 19.4. The van der Waals surface area contributed by atoms with E-state index in [-0.39, 0.29) is 31.6 Å². The van der Waals surface area contributed by atoms with Crippen LogP contribution in [0.2, 0.25) is 0 Å². The number of amides is 2. The number of nitrogens with one attached hydrogen (secondary N) is 3. The van der Waals surface area contributed by atoms with Crippen LogP contribution >= 0.6 is 0 Å². The number of aryl methyl sites for hydroxylation is 1. The van der Waals surface area contributed by atoms with Gasteiger partial charge in [-0.3, -0.25) is 14.3 Å². The van der Waals surface area contributed by atoms with Crippen LogP contribution in [0.4, 0.5) is 22.0 Å². The number of aromatic amines is 1. The number of imidazole rings is 1. The summed E-state index contributed by atoms with van der Waals surface area (Å²) >= 11 is 0. The number of alkyl halides is 5. The van der Waals surface area contributed by atoms with Crippen molar-refractivity contribution in [1.82, 2.24) is 30.4 Å². The second-order valence-corrected chi connectivity index (χ2v) is 10.0. The molecule has 0 spiro atoms. The minimum atomic E-state index is -4.42. The van der Waals surface area contributed by atoms with Crippen molar-refractivity contribution in [3.63, 3.8) is 0 Å². The summed E-state index contributed by atoms with van der Waals surface area (Å²) in [5.41, 5.74) is 2.14. The van der Waals surface area contributed by atoms with E-state index in [4.69, 9.17) is 0 Å². The normalized spacial score (nSPS) is 17.6. The van der Waals surface area contributed by atoms with E-state index < -0.39 is 48.8 Å². The lowest BCUT2D eigenvalue weighted by atomic mass is 9.81. The minimum Gasteiger partial charge on any atom is -0.349 e. The Kier molecular flexibility index (Phi) is 8.26. The van der Waals surface area contributed by atoms with Crippen LogP contribution in [0, 0.1) is 5.92 Å². The number of H-pyrrole nitrogens is 1. The van der Waals surface area contributed by atoms with Crippen LogP contribution in [0.25, 0.3) is 11.0 Å². The monoisotopic (exact) mass is 554 g/mol. The second kappa shape index (κ2) is 11.3. The maximum atomic E-state index is 13.9. The molecule has 2 amide bonds. The van der Waals surface area contributed by atoms with E-state index in [1.165, 1.54) is 10.9 Å². The van der Waals surface area contributed by atoms with Gasteiger partial charge in [0, 0.05) is 32.5 Å². The van der Waals surface area contributed by atoms with Gasteiger partial charge in [-0.15, -0.1) is 0 Å². The van der Waals surface area contributed by atoms with Gasteiger partial charge in [0.2, 0.25) is 11.8 Å². The van der Waals surface area contributed by atoms with E-state index in [1.807, 2.05) is 0 Å². The van der Waals surface area contributed by atoms with Gasteiger partial charge in [-0.05, 0) is 48.9 Å². The molecule has 0 radical (unpaired) electrons. The topological polar surface area (TPSA) is 105 Å². The van der Waals surface area contributed by atoms with E-state index in [2.05, 4.69) is 25.7 Å². The Morgan fingerprint density at radius 1 is 1.18 bits per heavy atom. The molecule has 1 aromatic carbocycles. The van der Waals surface area contributed by atoms with Crippen LogP contribution in [0.3, 0.4) is 0 Å². The SMILES string of the molecule is CC[C@@H](NC(=O)CCC(F)(F)F)c1ccc2nc([C@@H](NC(=O)c3ccnn3C)C3CCC(F)(F)CC3)[nH]c2c1. The lowest BCUT2D eigenvalue weighted by molar-refractivity contribution is -0.144. The summed E-state index contributed by atoms with van der Waals surface area (Å²) in [6.45, 7) is 1.81. The molecule has 39 heavy (non-hydrogen) atoms. The Balaban J connectivity index is 1.57. The van der Waals surface area contributed by atoms with Crippen LogP contribution in [-0.2, 0) is 11.8 Å². The number of halogens is 5. The van der Waals surface area contributed by atoms with Crippen LogP contribution in [0.1, 0.15) is 85.8 Å². The molecule has 1 fully saturated rings. The van der Waals surface area contributed by atoms with Gasteiger partial charge in [0.15, 0.2) is 0 Å². The van der Waals surface area contributed by atoms with E-state index in [1.54, 1.807) is 38.2 Å². The number of hydrogen-bond donors (Lipinski definition) is 3. The quantitative estimate of drug-likeness (QED) is 0.304. The summed E-state index contributed by atoms with van der Waals surface area (Å²) in [4.78, 5) is 33.0. The Bertz CT molecular complexity index is 1310. The maximum Gasteiger partial charge on any atom is 0.389 e. The first-order valence-corrected chi connectivity index (χ1v) is 12.9. The van der Waals surface area contributed by atoms with Gasteiger partial charge in [-0.1, -0.05) is 13.0 Å². The number of rotatable bonds is 9. The maximum absolute atomic E-state index is 13.9. The zero-order valence-electron chi connectivity index (χ0n) is 21.6. The molecule has 0 unspecified atom stereocenters. The smallest absolute Gasteiger partial charge is 0.349 e. The Hall–Kier alpha value is -3.51. The number of nitrogens with zero attached hydrogens (tertiary/aromatic N) is 3. The third kappa shape index (κ3) is 7.12. The molecule has 2 aromatic heterocycles. The third-order valence-corrected chi connectivity index (χ3v) is 7.17. The van der Waals surface area contributed by atoms with Crippen LogP contribution in [0.15, 0.2) is 30.5 Å². The summed E-state index contributed by atoms with van der Waals surface area (Å²) in [5.74, 6) is -3.72. The summed E-state index contributed by atoms with van der Waals surface area (Å²) < 4.78 is 66.7. The zero-order valence-corrected chi connectivity index (χ0v) is 21.6. The fraction of sp³-hybridized carbons (Fsp3) is 0.538. The first-order chi connectivity index (χ1) is 18.3. The highest BCUT2D eigenvalue weighted by molar-refractivity contribution is 5.92. The summed E-state index contributed by atoms with van der Waals surface area (Å²) in [5, 5.41) is 9.60. The highest BCUT2D eigenvalue weighted by Gasteiger charge is 2.39. The van der Waals surface area contributed by atoms with Gasteiger partial charge in [0.1, 0.15) is 11.5 Å². The fourth-order valence-corrected chi connectivity index (χ4v) is 4.97. The predicted octanol–water partition coefficient (Wildman–Crippen LogP) is 5.50. The molecule has 0 saturated heterocycles. The molecular weight excluding hydrogens is 523 g/mol. The number of hydrogen-bond acceptors (Lipinski definition) is 4. The van der Waals surface area contributed by atoms with Crippen molar-refractivity contribution in [2.45, 2.75) is 76.1 Å². The van der Waals surface area contributed by atoms with Crippen molar-refractivity contribution in [3.05, 3.63) is 47.5 Å². The Morgan fingerprint density at radius 2 is 1.90 bits per heavy atom. The summed E-state index contributed by atoms with van der Waals surface area (Å²) in [6, 6.07) is 5.57. The molecule has 3 aromatic rings. The van der Waals surface area contributed by atoms with Crippen molar-refractivity contribution in [3.8, 4) is 0 Å². The van der Waals surface area contributed by atoms with Gasteiger partial charge in [0.25, 0.3) is 5.91 Å². The Labute approximate surface area is 221 Å². The van der Waals surface area contributed by atoms with Crippen molar-refractivity contribution in [1.29, 1.82) is 0 Å². The molecule has 1 saturated carbocycles. The average molecular weight is 555 g/mol. The standard InChI is InChI=1S/C26H31F5N6O2/c1-3-17(33-21(38)8-12-26(29,30)31)16-4-5-18-19(14-16)35-23(34-18)22(15-6-10-25(27,28)11-7-15)36-24(39)20-9-13-32-37(20)2/h4-5,9,13-15,17,22H,3,6-8,10-12H2,1-2H3,(H,33,38)(H,34,35)(H,36,39)/t17-,22+/m1/s1. The molecule has 2 heterocycles. The first kappa shape index (κ1) is 28.5. The largest absolute Gasteiger partial charge is 0.389 e. The molecule has 1 aliphatic carbocycles. The highest BCUT2D eigenvalue weighted by Crippen LogP contribution is 2.41. The van der Waals surface area contributed by atoms with E-state index in [0.29, 0.717) is 34.5 Å². The third-order valence-electron chi connectivity index (χ3n) is 7.17. The van der Waals surface area contributed by atoms with Crippen molar-refractivity contribution < 1.29 is 31.5 Å². The number of aromatic nitrogens is 4. The minimum absolute atomic E-state index is 0.202. The average Bonchev–Trinajstić information content (AvgIpc) is 3.49. The fourth-order valence-electron chi connectivity index (χ4n) is 4.97. The van der Waals surface area contributed by atoms with Gasteiger partial charge in [-0.2, -0.15) is 18.3 Å².